The standard InChI is InChI=1S/C14H22N4O/c1-17(2)14(19)12-8-15-9-13(16-12)18(3)10-11-6-4-5-7-11/h8-9,11H,4-7,10H2,1-3H3. The zero-order valence-corrected chi connectivity index (χ0v) is 12.0. The third-order valence-corrected chi connectivity index (χ3v) is 3.65. The summed E-state index contributed by atoms with van der Waals surface area (Å²) in [5.74, 6) is 1.42. The Morgan fingerprint density at radius 3 is 2.58 bits per heavy atom. The molecule has 0 unspecified atom stereocenters. The van der Waals surface area contributed by atoms with Crippen LogP contribution in [0.5, 0.6) is 0 Å². The van der Waals surface area contributed by atoms with Crippen molar-refractivity contribution >= 4 is 11.7 Å². The quantitative estimate of drug-likeness (QED) is 0.830. The summed E-state index contributed by atoms with van der Waals surface area (Å²) >= 11 is 0. The minimum Gasteiger partial charge on any atom is -0.358 e. The topological polar surface area (TPSA) is 49.3 Å². The monoisotopic (exact) mass is 262 g/mol. The van der Waals surface area contributed by atoms with E-state index in [2.05, 4.69) is 14.9 Å². The van der Waals surface area contributed by atoms with E-state index in [1.54, 1.807) is 20.3 Å². The van der Waals surface area contributed by atoms with Crippen LogP contribution in [-0.4, -0.2) is 48.5 Å². The second-order valence-corrected chi connectivity index (χ2v) is 5.49. The average Bonchev–Trinajstić information content (AvgIpc) is 2.90. The molecule has 0 atom stereocenters. The van der Waals surface area contributed by atoms with E-state index < -0.39 is 0 Å². The van der Waals surface area contributed by atoms with Crippen molar-refractivity contribution in [3.05, 3.63) is 18.1 Å². The van der Waals surface area contributed by atoms with E-state index in [0.29, 0.717) is 5.69 Å². The van der Waals surface area contributed by atoms with Gasteiger partial charge in [-0.15, -0.1) is 0 Å². The third-order valence-electron chi connectivity index (χ3n) is 3.65. The minimum atomic E-state index is -0.108. The Morgan fingerprint density at radius 1 is 1.26 bits per heavy atom. The lowest BCUT2D eigenvalue weighted by Crippen LogP contribution is -2.27. The molecule has 1 amide bonds. The van der Waals surface area contributed by atoms with Gasteiger partial charge >= 0.3 is 0 Å². The third kappa shape index (κ3) is 3.43. The van der Waals surface area contributed by atoms with Crippen molar-refractivity contribution in [3.8, 4) is 0 Å². The Morgan fingerprint density at radius 2 is 1.95 bits per heavy atom. The number of aromatic nitrogens is 2. The largest absolute Gasteiger partial charge is 0.358 e. The van der Waals surface area contributed by atoms with Crippen molar-refractivity contribution in [1.82, 2.24) is 14.9 Å². The van der Waals surface area contributed by atoms with Gasteiger partial charge in [0.2, 0.25) is 0 Å². The molecule has 0 bridgehead atoms. The maximum absolute atomic E-state index is 11.9. The number of nitrogens with zero attached hydrogens (tertiary/aromatic N) is 4. The van der Waals surface area contributed by atoms with E-state index in [4.69, 9.17) is 0 Å². The Balaban J connectivity index is 2.06. The lowest BCUT2D eigenvalue weighted by atomic mass is 10.1. The summed E-state index contributed by atoms with van der Waals surface area (Å²) < 4.78 is 0. The van der Waals surface area contributed by atoms with Crippen LogP contribution < -0.4 is 4.90 Å². The average molecular weight is 262 g/mol. The summed E-state index contributed by atoms with van der Waals surface area (Å²) in [5, 5.41) is 0. The Labute approximate surface area is 114 Å². The molecule has 1 saturated carbocycles. The molecule has 0 radical (unpaired) electrons. The molecule has 1 aliphatic carbocycles. The van der Waals surface area contributed by atoms with Crippen LogP contribution in [0.1, 0.15) is 36.2 Å². The first-order valence-electron chi connectivity index (χ1n) is 6.82. The van der Waals surface area contributed by atoms with Crippen LogP contribution in [0, 0.1) is 5.92 Å². The number of carbonyl (C=O) groups is 1. The predicted octanol–water partition coefficient (Wildman–Crippen LogP) is 1.80. The molecule has 0 aliphatic heterocycles. The van der Waals surface area contributed by atoms with Crippen LogP contribution in [0.25, 0.3) is 0 Å². The maximum atomic E-state index is 11.9. The van der Waals surface area contributed by atoms with Gasteiger partial charge in [-0.05, 0) is 18.8 Å². The summed E-state index contributed by atoms with van der Waals surface area (Å²) in [4.78, 5) is 24.0. The maximum Gasteiger partial charge on any atom is 0.273 e. The van der Waals surface area contributed by atoms with Crippen LogP contribution in [0.3, 0.4) is 0 Å². The zero-order valence-electron chi connectivity index (χ0n) is 12.0. The highest BCUT2D eigenvalue weighted by molar-refractivity contribution is 5.91. The SMILES string of the molecule is CN(C)C(=O)c1cncc(N(C)CC2CCCC2)n1. The summed E-state index contributed by atoms with van der Waals surface area (Å²) in [6, 6.07) is 0. The van der Waals surface area contributed by atoms with E-state index in [1.165, 1.54) is 36.8 Å². The van der Waals surface area contributed by atoms with Crippen molar-refractivity contribution in [3.63, 3.8) is 0 Å². The van der Waals surface area contributed by atoms with Crippen LogP contribution >= 0.6 is 0 Å². The molecular formula is C14H22N4O. The summed E-state index contributed by atoms with van der Waals surface area (Å²) in [6.07, 6.45) is 8.52. The zero-order chi connectivity index (χ0) is 13.8. The number of amides is 1. The van der Waals surface area contributed by atoms with Crippen LogP contribution in [0.15, 0.2) is 12.4 Å². The molecule has 1 aliphatic rings. The highest BCUT2D eigenvalue weighted by Crippen LogP contribution is 2.26. The first kappa shape index (κ1) is 13.8. The van der Waals surface area contributed by atoms with E-state index in [0.717, 1.165) is 18.3 Å². The molecule has 104 valence electrons. The van der Waals surface area contributed by atoms with Gasteiger partial charge in [-0.2, -0.15) is 0 Å². The van der Waals surface area contributed by atoms with Gasteiger partial charge in [0.15, 0.2) is 0 Å². The lowest BCUT2D eigenvalue weighted by Gasteiger charge is -2.22. The van der Waals surface area contributed by atoms with Gasteiger partial charge in [-0.25, -0.2) is 4.98 Å². The lowest BCUT2D eigenvalue weighted by molar-refractivity contribution is 0.0821. The highest BCUT2D eigenvalue weighted by atomic mass is 16.2. The fraction of sp³-hybridized carbons (Fsp3) is 0.643. The molecule has 0 aromatic carbocycles. The molecule has 5 heteroatoms. The van der Waals surface area contributed by atoms with Gasteiger partial charge in [0, 0.05) is 27.7 Å². The molecule has 1 heterocycles. The smallest absolute Gasteiger partial charge is 0.273 e. The second kappa shape index (κ2) is 5.99. The van der Waals surface area contributed by atoms with Crippen LogP contribution in [0.2, 0.25) is 0 Å². The fourth-order valence-electron chi connectivity index (χ4n) is 2.55. The predicted molar refractivity (Wildman–Crippen MR) is 75.3 cm³/mol. The molecule has 0 N–H and O–H groups in total. The number of hydrogen-bond acceptors (Lipinski definition) is 4. The van der Waals surface area contributed by atoms with Crippen molar-refractivity contribution in [2.24, 2.45) is 5.92 Å². The first-order chi connectivity index (χ1) is 9.08. The number of rotatable bonds is 4. The highest BCUT2D eigenvalue weighted by Gasteiger charge is 2.18. The molecule has 0 saturated heterocycles. The number of hydrogen-bond donors (Lipinski definition) is 0. The Hall–Kier alpha value is -1.65. The summed E-state index contributed by atoms with van der Waals surface area (Å²) in [6.45, 7) is 0.994. The fourth-order valence-corrected chi connectivity index (χ4v) is 2.55. The first-order valence-corrected chi connectivity index (χ1v) is 6.82. The summed E-state index contributed by atoms with van der Waals surface area (Å²) in [7, 11) is 5.46. The molecule has 0 spiro atoms. The Bertz CT molecular complexity index is 441. The van der Waals surface area contributed by atoms with Crippen molar-refractivity contribution in [2.45, 2.75) is 25.7 Å². The van der Waals surface area contributed by atoms with Gasteiger partial charge in [0.05, 0.1) is 12.4 Å². The van der Waals surface area contributed by atoms with E-state index in [9.17, 15) is 4.79 Å². The van der Waals surface area contributed by atoms with Crippen molar-refractivity contribution in [1.29, 1.82) is 0 Å². The molecule has 5 nitrogen and oxygen atoms in total. The minimum absolute atomic E-state index is 0.108. The van der Waals surface area contributed by atoms with Crippen molar-refractivity contribution < 1.29 is 4.79 Å². The van der Waals surface area contributed by atoms with Crippen LogP contribution in [-0.2, 0) is 0 Å². The van der Waals surface area contributed by atoms with Crippen molar-refractivity contribution in [2.75, 3.05) is 32.6 Å². The van der Waals surface area contributed by atoms with Gasteiger partial charge in [-0.1, -0.05) is 12.8 Å². The Kier molecular flexibility index (Phi) is 4.35. The molecule has 1 fully saturated rings. The van der Waals surface area contributed by atoms with Gasteiger partial charge in [-0.3, -0.25) is 9.78 Å². The number of carbonyl (C=O) groups excluding carboxylic acids is 1. The molecule has 2 rings (SSSR count). The summed E-state index contributed by atoms with van der Waals surface area (Å²) in [5.41, 5.74) is 0.403. The van der Waals surface area contributed by atoms with E-state index >= 15 is 0 Å². The normalized spacial score (nSPS) is 15.5. The molecule has 1 aromatic heterocycles. The van der Waals surface area contributed by atoms with E-state index in [-0.39, 0.29) is 5.91 Å². The molecule has 19 heavy (non-hydrogen) atoms. The van der Waals surface area contributed by atoms with Gasteiger partial charge in [0.25, 0.3) is 5.91 Å². The van der Waals surface area contributed by atoms with E-state index in [1.807, 2.05) is 7.05 Å². The molecular weight excluding hydrogens is 240 g/mol. The molecule has 1 aromatic rings. The second-order valence-electron chi connectivity index (χ2n) is 5.49. The van der Waals surface area contributed by atoms with Gasteiger partial charge < -0.3 is 9.80 Å². The van der Waals surface area contributed by atoms with Crippen LogP contribution in [0.4, 0.5) is 5.82 Å². The van der Waals surface area contributed by atoms with Gasteiger partial charge in [0.1, 0.15) is 11.5 Å². The number of anilines is 1.